The fraction of sp³-hybridized carbons (Fsp3) is 0.238. The maximum Gasteiger partial charge on any atom is 0.255 e. The van der Waals surface area contributed by atoms with Crippen LogP contribution in [0.4, 0.5) is 5.69 Å². The predicted octanol–water partition coefficient (Wildman–Crippen LogP) is 4.42. The van der Waals surface area contributed by atoms with Crippen LogP contribution in [-0.2, 0) is 12.8 Å². The standard InChI is InChI=1S/C21H19N3O/c1-13-2-8-19-17(10-13)18-11-15(5-9-20(18)24-19)21(25)23-16-6-3-14(12-22)4-7-16/h3-7,9,11,13,24H,2,8,10H2,1H3,(H,23,25). The fourth-order valence-electron chi connectivity index (χ4n) is 3.56. The summed E-state index contributed by atoms with van der Waals surface area (Å²) in [5, 5.41) is 12.9. The van der Waals surface area contributed by atoms with Crippen LogP contribution >= 0.6 is 0 Å². The van der Waals surface area contributed by atoms with E-state index >= 15 is 0 Å². The van der Waals surface area contributed by atoms with Gasteiger partial charge in [-0.3, -0.25) is 4.79 Å². The van der Waals surface area contributed by atoms with Gasteiger partial charge in [-0.1, -0.05) is 6.92 Å². The number of aromatic nitrogens is 1. The summed E-state index contributed by atoms with van der Waals surface area (Å²) in [4.78, 5) is 16.1. The SMILES string of the molecule is CC1CCc2[nH]c3ccc(C(=O)Nc4ccc(C#N)cc4)cc3c2C1. The van der Waals surface area contributed by atoms with Crippen LogP contribution in [0.2, 0.25) is 0 Å². The molecule has 4 rings (SSSR count). The number of anilines is 1. The number of rotatable bonds is 2. The molecule has 0 bridgehead atoms. The van der Waals surface area contributed by atoms with Crippen molar-refractivity contribution in [3.05, 3.63) is 64.8 Å². The van der Waals surface area contributed by atoms with Crippen molar-refractivity contribution in [3.63, 3.8) is 0 Å². The topological polar surface area (TPSA) is 68.7 Å². The number of aryl methyl sites for hydroxylation is 1. The molecule has 1 amide bonds. The lowest BCUT2D eigenvalue weighted by Crippen LogP contribution is -2.12. The van der Waals surface area contributed by atoms with E-state index < -0.39 is 0 Å². The van der Waals surface area contributed by atoms with Crippen LogP contribution in [0.5, 0.6) is 0 Å². The van der Waals surface area contributed by atoms with E-state index in [1.54, 1.807) is 24.3 Å². The Labute approximate surface area is 146 Å². The molecule has 1 atom stereocenters. The number of nitriles is 1. The summed E-state index contributed by atoms with van der Waals surface area (Å²) in [6.07, 6.45) is 3.36. The van der Waals surface area contributed by atoms with Gasteiger partial charge >= 0.3 is 0 Å². The van der Waals surface area contributed by atoms with Crippen molar-refractivity contribution < 1.29 is 4.79 Å². The van der Waals surface area contributed by atoms with E-state index in [1.807, 2.05) is 18.2 Å². The first-order valence-electron chi connectivity index (χ1n) is 8.59. The summed E-state index contributed by atoms with van der Waals surface area (Å²) < 4.78 is 0. The number of nitrogens with zero attached hydrogens (tertiary/aromatic N) is 1. The Bertz CT molecular complexity index is 992. The van der Waals surface area contributed by atoms with Gasteiger partial charge in [0.1, 0.15) is 0 Å². The van der Waals surface area contributed by atoms with Gasteiger partial charge in [0.25, 0.3) is 5.91 Å². The van der Waals surface area contributed by atoms with Crippen LogP contribution in [0.1, 0.15) is 40.5 Å². The molecule has 2 N–H and O–H groups in total. The molecule has 1 aromatic heterocycles. The van der Waals surface area contributed by atoms with Gasteiger partial charge in [-0.05, 0) is 73.2 Å². The maximum atomic E-state index is 12.6. The number of carbonyl (C=O) groups excluding carboxylic acids is 1. The minimum Gasteiger partial charge on any atom is -0.358 e. The molecule has 0 saturated heterocycles. The summed E-state index contributed by atoms with van der Waals surface area (Å²) in [5.74, 6) is 0.549. The van der Waals surface area contributed by atoms with E-state index in [0.29, 0.717) is 22.7 Å². The van der Waals surface area contributed by atoms with Crippen LogP contribution in [0.3, 0.4) is 0 Å². The normalized spacial score (nSPS) is 16.2. The van der Waals surface area contributed by atoms with Crippen LogP contribution in [-0.4, -0.2) is 10.9 Å². The number of aromatic amines is 1. The van der Waals surface area contributed by atoms with Crippen LogP contribution < -0.4 is 5.32 Å². The highest BCUT2D eigenvalue weighted by molar-refractivity contribution is 6.06. The van der Waals surface area contributed by atoms with E-state index in [9.17, 15) is 4.79 Å². The van der Waals surface area contributed by atoms with Gasteiger partial charge in [-0.2, -0.15) is 5.26 Å². The predicted molar refractivity (Wildman–Crippen MR) is 98.6 cm³/mol. The zero-order valence-corrected chi connectivity index (χ0v) is 14.1. The highest BCUT2D eigenvalue weighted by Gasteiger charge is 2.20. The summed E-state index contributed by atoms with van der Waals surface area (Å²) in [6.45, 7) is 2.28. The van der Waals surface area contributed by atoms with E-state index in [4.69, 9.17) is 5.26 Å². The molecule has 3 aromatic rings. The number of nitrogens with one attached hydrogen (secondary N) is 2. The molecule has 1 unspecified atom stereocenters. The van der Waals surface area contributed by atoms with Crippen molar-refractivity contribution in [2.75, 3.05) is 5.32 Å². The number of hydrogen-bond acceptors (Lipinski definition) is 2. The molecule has 4 nitrogen and oxygen atoms in total. The fourth-order valence-corrected chi connectivity index (χ4v) is 3.56. The molecule has 0 spiro atoms. The van der Waals surface area contributed by atoms with Crippen LogP contribution in [0.25, 0.3) is 10.9 Å². The molecule has 0 saturated carbocycles. The van der Waals surface area contributed by atoms with Gasteiger partial charge in [0.05, 0.1) is 11.6 Å². The Hall–Kier alpha value is -3.06. The largest absolute Gasteiger partial charge is 0.358 e. The van der Waals surface area contributed by atoms with Crippen molar-refractivity contribution in [2.45, 2.75) is 26.2 Å². The third-order valence-corrected chi connectivity index (χ3v) is 4.97. The lowest BCUT2D eigenvalue weighted by Gasteiger charge is -2.18. The van der Waals surface area contributed by atoms with Gasteiger partial charge in [0.15, 0.2) is 0 Å². The van der Waals surface area contributed by atoms with Gasteiger partial charge in [0.2, 0.25) is 0 Å². The van der Waals surface area contributed by atoms with Crippen LogP contribution in [0, 0.1) is 17.2 Å². The molecular weight excluding hydrogens is 310 g/mol. The first-order chi connectivity index (χ1) is 12.1. The zero-order valence-electron chi connectivity index (χ0n) is 14.1. The van der Waals surface area contributed by atoms with Gasteiger partial charge in [-0.15, -0.1) is 0 Å². The van der Waals surface area contributed by atoms with Crippen molar-refractivity contribution in [1.82, 2.24) is 4.98 Å². The Morgan fingerprint density at radius 2 is 2.04 bits per heavy atom. The zero-order chi connectivity index (χ0) is 17.4. The molecular formula is C21H19N3O. The molecule has 1 heterocycles. The molecule has 0 radical (unpaired) electrons. The molecule has 124 valence electrons. The Morgan fingerprint density at radius 3 is 2.80 bits per heavy atom. The Morgan fingerprint density at radius 1 is 1.24 bits per heavy atom. The summed E-state index contributed by atoms with van der Waals surface area (Å²) in [5.41, 5.74) is 5.70. The number of fused-ring (bicyclic) bond motifs is 3. The summed E-state index contributed by atoms with van der Waals surface area (Å²) >= 11 is 0. The minimum absolute atomic E-state index is 0.134. The maximum absolute atomic E-state index is 12.6. The number of amides is 1. The first kappa shape index (κ1) is 15.5. The minimum atomic E-state index is -0.134. The second-order valence-electron chi connectivity index (χ2n) is 6.83. The highest BCUT2D eigenvalue weighted by atomic mass is 16.1. The lowest BCUT2D eigenvalue weighted by molar-refractivity contribution is 0.102. The van der Waals surface area contributed by atoms with E-state index in [1.165, 1.54) is 17.7 Å². The number of carbonyl (C=O) groups is 1. The second-order valence-corrected chi connectivity index (χ2v) is 6.83. The van der Waals surface area contributed by atoms with Gasteiger partial charge in [0, 0.05) is 27.8 Å². The second kappa shape index (κ2) is 6.10. The smallest absolute Gasteiger partial charge is 0.255 e. The Kier molecular flexibility index (Phi) is 3.77. The molecule has 1 aliphatic rings. The van der Waals surface area contributed by atoms with Crippen molar-refractivity contribution in [2.24, 2.45) is 5.92 Å². The van der Waals surface area contributed by atoms with E-state index in [0.717, 1.165) is 23.7 Å². The molecule has 0 fully saturated rings. The molecule has 1 aliphatic carbocycles. The highest BCUT2D eigenvalue weighted by Crippen LogP contribution is 2.32. The van der Waals surface area contributed by atoms with Crippen molar-refractivity contribution in [1.29, 1.82) is 5.26 Å². The average molecular weight is 329 g/mol. The third kappa shape index (κ3) is 2.89. The van der Waals surface area contributed by atoms with Gasteiger partial charge < -0.3 is 10.3 Å². The lowest BCUT2D eigenvalue weighted by atomic mass is 9.87. The summed E-state index contributed by atoms with van der Waals surface area (Å²) in [7, 11) is 0. The monoisotopic (exact) mass is 329 g/mol. The van der Waals surface area contributed by atoms with Crippen molar-refractivity contribution >= 4 is 22.5 Å². The number of H-pyrrole nitrogens is 1. The van der Waals surface area contributed by atoms with E-state index in [2.05, 4.69) is 23.3 Å². The van der Waals surface area contributed by atoms with E-state index in [-0.39, 0.29) is 5.91 Å². The number of hydrogen-bond donors (Lipinski definition) is 2. The molecule has 0 aliphatic heterocycles. The van der Waals surface area contributed by atoms with Crippen molar-refractivity contribution in [3.8, 4) is 6.07 Å². The average Bonchev–Trinajstić information content (AvgIpc) is 2.99. The van der Waals surface area contributed by atoms with Crippen LogP contribution in [0.15, 0.2) is 42.5 Å². The molecule has 4 heteroatoms. The third-order valence-electron chi connectivity index (χ3n) is 4.97. The summed E-state index contributed by atoms with van der Waals surface area (Å²) in [6, 6.07) is 14.8. The molecule has 2 aromatic carbocycles. The van der Waals surface area contributed by atoms with Gasteiger partial charge in [-0.25, -0.2) is 0 Å². The first-order valence-corrected chi connectivity index (χ1v) is 8.59. The Balaban J connectivity index is 1.63. The quantitative estimate of drug-likeness (QED) is 0.731. The molecule has 25 heavy (non-hydrogen) atoms. The number of benzene rings is 2.